The normalized spacial score (nSPS) is 15.2. The van der Waals surface area contributed by atoms with E-state index in [1.54, 1.807) is 0 Å². The van der Waals surface area contributed by atoms with Gasteiger partial charge in [0, 0.05) is 35.7 Å². The zero-order chi connectivity index (χ0) is 21.8. The van der Waals surface area contributed by atoms with Crippen LogP contribution in [-0.2, 0) is 6.30 Å². The fourth-order valence-corrected chi connectivity index (χ4v) is 3.33. The fourth-order valence-electron chi connectivity index (χ4n) is 3.33. The number of aromatic nitrogens is 2. The van der Waals surface area contributed by atoms with Crippen molar-refractivity contribution in [1.29, 1.82) is 5.41 Å². The molecule has 0 aliphatic carbocycles. The molecule has 0 amide bonds. The van der Waals surface area contributed by atoms with E-state index in [2.05, 4.69) is 4.98 Å². The van der Waals surface area contributed by atoms with Crippen LogP contribution >= 0.6 is 0 Å². The van der Waals surface area contributed by atoms with Crippen LogP contribution in [-0.4, -0.2) is 14.5 Å². The summed E-state index contributed by atoms with van der Waals surface area (Å²) in [4.78, 5) is 14.0. The van der Waals surface area contributed by atoms with Crippen LogP contribution in [0.4, 0.5) is 27.6 Å². The van der Waals surface area contributed by atoms with Crippen molar-refractivity contribution in [2.75, 3.05) is 0 Å². The highest BCUT2D eigenvalue weighted by molar-refractivity contribution is 5.57. The number of ether oxygens (including phenoxy) is 1. The van der Waals surface area contributed by atoms with Crippen LogP contribution in [0, 0.1) is 27.2 Å². The number of halogens is 5. The van der Waals surface area contributed by atoms with E-state index in [0.29, 0.717) is 12.4 Å². The van der Waals surface area contributed by atoms with Crippen LogP contribution in [0.1, 0.15) is 22.6 Å². The van der Waals surface area contributed by atoms with Crippen LogP contribution in [0.5, 0.6) is 11.6 Å². The molecule has 0 spiro atoms. The van der Waals surface area contributed by atoms with E-state index in [-0.39, 0.29) is 16.9 Å². The first kappa shape index (κ1) is 19.5. The lowest BCUT2D eigenvalue weighted by Gasteiger charge is -2.29. The predicted molar refractivity (Wildman–Crippen MR) is 89.9 cm³/mol. The zero-order valence-corrected chi connectivity index (χ0v) is 14.6. The SMILES string of the molecule is N=c1c2c(ncn1C(F)(F)F)Oc1cc(F)cc(F)c1C2c1cccc([N+](=O)[O-])c1. The molecule has 2 aromatic carbocycles. The van der Waals surface area contributed by atoms with Crippen molar-refractivity contribution in [3.63, 3.8) is 0 Å². The smallest absolute Gasteiger partial charge is 0.438 e. The molecule has 3 aromatic rings. The van der Waals surface area contributed by atoms with Gasteiger partial charge in [-0.2, -0.15) is 0 Å². The highest BCUT2D eigenvalue weighted by Crippen LogP contribution is 2.47. The topological polar surface area (TPSA) is 94.0 Å². The van der Waals surface area contributed by atoms with Gasteiger partial charge in [0.1, 0.15) is 29.2 Å². The van der Waals surface area contributed by atoms with E-state index in [1.165, 1.54) is 12.1 Å². The van der Waals surface area contributed by atoms with Crippen molar-refractivity contribution in [3.05, 3.63) is 86.7 Å². The summed E-state index contributed by atoms with van der Waals surface area (Å²) in [6.07, 6.45) is -4.69. The molecule has 1 N–H and O–H groups in total. The molecule has 30 heavy (non-hydrogen) atoms. The van der Waals surface area contributed by atoms with Gasteiger partial charge in [0.05, 0.1) is 10.5 Å². The molecule has 0 bridgehead atoms. The third-order valence-electron chi connectivity index (χ3n) is 4.54. The van der Waals surface area contributed by atoms with Gasteiger partial charge in [-0.3, -0.25) is 15.5 Å². The summed E-state index contributed by atoms with van der Waals surface area (Å²) in [6, 6.07) is 6.10. The highest BCUT2D eigenvalue weighted by atomic mass is 19.4. The summed E-state index contributed by atoms with van der Waals surface area (Å²) in [7, 11) is 0. The number of fused-ring (bicyclic) bond motifs is 2. The van der Waals surface area contributed by atoms with Gasteiger partial charge in [0.25, 0.3) is 5.69 Å². The average molecular weight is 424 g/mol. The quantitative estimate of drug-likeness (QED) is 0.295. The van der Waals surface area contributed by atoms with E-state index in [9.17, 15) is 32.1 Å². The summed E-state index contributed by atoms with van der Waals surface area (Å²) in [5.74, 6) is -4.39. The molecule has 1 atom stereocenters. The van der Waals surface area contributed by atoms with E-state index < -0.39 is 56.0 Å². The number of nitrogens with one attached hydrogen (secondary N) is 1. The molecule has 1 aliphatic rings. The first-order chi connectivity index (χ1) is 14.1. The first-order valence-electron chi connectivity index (χ1n) is 8.22. The summed E-state index contributed by atoms with van der Waals surface area (Å²) in [5.41, 5.74) is -2.31. The molecular formula is C18H9F5N4O3. The van der Waals surface area contributed by atoms with Crippen molar-refractivity contribution < 1.29 is 31.6 Å². The highest BCUT2D eigenvalue weighted by Gasteiger charge is 2.39. The standard InChI is InChI=1S/C18H9F5N4O3/c19-9-5-11(20)14-12(6-9)30-17-15(16(24)26(7-25-17)18(21,22)23)13(14)8-2-1-3-10(4-8)27(28)29/h1-7,13,24H. The van der Waals surface area contributed by atoms with E-state index >= 15 is 0 Å². The fraction of sp³-hybridized carbons (Fsp3) is 0.111. The maximum atomic E-state index is 14.7. The molecule has 1 aliphatic heterocycles. The Morgan fingerprint density at radius 3 is 2.57 bits per heavy atom. The third kappa shape index (κ3) is 3.06. The molecule has 2 heterocycles. The summed E-state index contributed by atoms with van der Waals surface area (Å²) in [6.45, 7) is 0. The van der Waals surface area contributed by atoms with E-state index in [0.717, 1.165) is 18.2 Å². The molecule has 4 rings (SSSR count). The van der Waals surface area contributed by atoms with Crippen molar-refractivity contribution in [1.82, 2.24) is 9.55 Å². The number of non-ortho nitro benzene ring substituents is 1. The number of nitro groups is 1. The Labute approximate surface area is 163 Å². The predicted octanol–water partition coefficient (Wildman–Crippen LogP) is 4.31. The van der Waals surface area contributed by atoms with Gasteiger partial charge in [-0.15, -0.1) is 13.2 Å². The monoisotopic (exact) mass is 424 g/mol. The maximum Gasteiger partial charge on any atom is 0.491 e. The number of alkyl halides is 3. The van der Waals surface area contributed by atoms with Crippen LogP contribution in [0.2, 0.25) is 0 Å². The molecular weight excluding hydrogens is 415 g/mol. The molecule has 0 saturated carbocycles. The molecule has 7 nitrogen and oxygen atoms in total. The van der Waals surface area contributed by atoms with Crippen molar-refractivity contribution in [2.24, 2.45) is 0 Å². The van der Waals surface area contributed by atoms with Crippen molar-refractivity contribution in [2.45, 2.75) is 12.2 Å². The lowest BCUT2D eigenvalue weighted by atomic mass is 9.83. The van der Waals surface area contributed by atoms with Crippen LogP contribution in [0.15, 0.2) is 42.7 Å². The van der Waals surface area contributed by atoms with E-state index in [1.807, 2.05) is 0 Å². The largest absolute Gasteiger partial charge is 0.491 e. The number of hydrogen-bond donors (Lipinski definition) is 1. The molecule has 0 fully saturated rings. The second-order valence-corrected chi connectivity index (χ2v) is 6.34. The number of nitro benzene ring substituents is 1. The average Bonchev–Trinajstić information content (AvgIpc) is 2.65. The maximum absolute atomic E-state index is 14.7. The van der Waals surface area contributed by atoms with Gasteiger partial charge in [0.15, 0.2) is 0 Å². The Morgan fingerprint density at radius 1 is 1.17 bits per heavy atom. The Kier molecular flexibility index (Phi) is 4.29. The molecule has 0 radical (unpaired) electrons. The molecule has 0 saturated heterocycles. The van der Waals surface area contributed by atoms with Crippen LogP contribution in [0.25, 0.3) is 0 Å². The third-order valence-corrected chi connectivity index (χ3v) is 4.54. The number of rotatable bonds is 2. The van der Waals surface area contributed by atoms with Gasteiger partial charge < -0.3 is 4.74 Å². The minimum atomic E-state index is -5.01. The lowest BCUT2D eigenvalue weighted by Crippen LogP contribution is -2.36. The van der Waals surface area contributed by atoms with Crippen LogP contribution < -0.4 is 10.2 Å². The zero-order valence-electron chi connectivity index (χ0n) is 14.6. The van der Waals surface area contributed by atoms with Crippen LogP contribution in [0.3, 0.4) is 0 Å². The first-order valence-corrected chi connectivity index (χ1v) is 8.22. The summed E-state index contributed by atoms with van der Waals surface area (Å²) < 4.78 is 73.2. The lowest BCUT2D eigenvalue weighted by molar-refractivity contribution is -0.384. The molecule has 1 unspecified atom stereocenters. The van der Waals surface area contributed by atoms with Gasteiger partial charge in [0.2, 0.25) is 5.88 Å². The Balaban J connectivity index is 2.07. The molecule has 1 aromatic heterocycles. The Hall–Kier alpha value is -3.83. The number of benzene rings is 2. The number of hydrogen-bond acceptors (Lipinski definition) is 5. The van der Waals surface area contributed by atoms with Crippen molar-refractivity contribution in [3.8, 4) is 11.6 Å². The Morgan fingerprint density at radius 2 is 1.90 bits per heavy atom. The Bertz CT molecular complexity index is 1260. The number of nitrogens with zero attached hydrogens (tertiary/aromatic N) is 3. The minimum absolute atomic E-state index is 0.00994. The van der Waals surface area contributed by atoms with Gasteiger partial charge >= 0.3 is 6.30 Å². The molecule has 154 valence electrons. The van der Waals surface area contributed by atoms with Gasteiger partial charge in [-0.1, -0.05) is 12.1 Å². The minimum Gasteiger partial charge on any atom is -0.438 e. The van der Waals surface area contributed by atoms with Gasteiger partial charge in [-0.05, 0) is 5.56 Å². The van der Waals surface area contributed by atoms with Crippen molar-refractivity contribution >= 4 is 5.69 Å². The summed E-state index contributed by atoms with van der Waals surface area (Å²) in [5, 5.41) is 19.2. The van der Waals surface area contributed by atoms with E-state index in [4.69, 9.17) is 10.1 Å². The van der Waals surface area contributed by atoms with Gasteiger partial charge in [-0.25, -0.2) is 18.3 Å². The summed E-state index contributed by atoms with van der Waals surface area (Å²) >= 11 is 0. The second-order valence-electron chi connectivity index (χ2n) is 6.34. The molecule has 12 heteroatoms. The second kappa shape index (κ2) is 6.61.